The lowest BCUT2D eigenvalue weighted by Crippen LogP contribution is -2.17. The van der Waals surface area contributed by atoms with E-state index in [9.17, 15) is 9.59 Å². The van der Waals surface area contributed by atoms with Crippen LogP contribution in [-0.2, 0) is 9.59 Å². The van der Waals surface area contributed by atoms with Crippen LogP contribution in [0.1, 0.15) is 13.8 Å². The van der Waals surface area contributed by atoms with Crippen molar-refractivity contribution in [2.24, 2.45) is 5.92 Å². The highest BCUT2D eigenvalue weighted by Crippen LogP contribution is 2.03. The van der Waals surface area contributed by atoms with Crippen molar-refractivity contribution in [2.45, 2.75) is 13.8 Å². The molecule has 64 valence electrons. The topological polar surface area (TPSA) is 66.4 Å². The molecule has 0 rings (SSSR count). The highest BCUT2D eigenvalue weighted by molar-refractivity contribution is 7.97. The zero-order valence-electron chi connectivity index (χ0n) is 6.46. The average molecular weight is 177 g/mol. The first-order valence-electron chi connectivity index (χ1n) is 3.15. The molecule has 1 atom stereocenters. The Morgan fingerprint density at radius 1 is 1.64 bits per heavy atom. The van der Waals surface area contributed by atoms with Gasteiger partial charge in [-0.05, 0) is 11.9 Å². The zero-order valence-corrected chi connectivity index (χ0v) is 7.27. The Morgan fingerprint density at radius 2 is 2.18 bits per heavy atom. The number of carboxylic acid groups (broad SMARTS) is 1. The van der Waals surface area contributed by atoms with Crippen molar-refractivity contribution in [3.63, 3.8) is 0 Å². The molecule has 1 amide bonds. The van der Waals surface area contributed by atoms with Gasteiger partial charge in [-0.1, -0.05) is 6.92 Å². The van der Waals surface area contributed by atoms with Gasteiger partial charge in [0.2, 0.25) is 5.91 Å². The molecule has 0 aromatic carbocycles. The maximum Gasteiger partial charge on any atom is 0.307 e. The van der Waals surface area contributed by atoms with Crippen LogP contribution in [-0.4, -0.2) is 22.7 Å². The van der Waals surface area contributed by atoms with Gasteiger partial charge < -0.3 is 9.83 Å². The number of carbonyl (C=O) groups is 2. The lowest BCUT2D eigenvalue weighted by atomic mass is 10.2. The minimum atomic E-state index is -0.845. The summed E-state index contributed by atoms with van der Waals surface area (Å²) in [5, 5.41) is 8.42. The Hall–Kier alpha value is -0.710. The molecule has 0 aromatic rings. The fraction of sp³-hybridized carbons (Fsp3) is 0.667. The van der Waals surface area contributed by atoms with Gasteiger partial charge in [0.15, 0.2) is 0 Å². The summed E-state index contributed by atoms with van der Waals surface area (Å²) >= 11 is 1.12. The summed E-state index contributed by atoms with van der Waals surface area (Å²) in [6.45, 7) is 2.98. The van der Waals surface area contributed by atoms with E-state index in [2.05, 4.69) is 4.72 Å². The first-order chi connectivity index (χ1) is 5.04. The molecule has 0 unspecified atom stereocenters. The highest BCUT2D eigenvalue weighted by atomic mass is 32.2. The van der Waals surface area contributed by atoms with Crippen LogP contribution in [0, 0.1) is 5.92 Å². The van der Waals surface area contributed by atoms with E-state index in [0.29, 0.717) is 5.75 Å². The van der Waals surface area contributed by atoms with E-state index in [0.717, 1.165) is 11.9 Å². The number of amides is 1. The van der Waals surface area contributed by atoms with E-state index < -0.39 is 11.9 Å². The molecule has 0 saturated heterocycles. The smallest absolute Gasteiger partial charge is 0.307 e. The predicted octanol–water partition coefficient (Wildman–Crippen LogP) is 0.491. The summed E-state index contributed by atoms with van der Waals surface area (Å²) in [5.74, 6) is -1.03. The van der Waals surface area contributed by atoms with Gasteiger partial charge in [-0.25, -0.2) is 0 Å². The molecule has 4 nitrogen and oxygen atoms in total. The molecule has 0 aliphatic rings. The number of carbonyl (C=O) groups excluding carboxylic acids is 1. The van der Waals surface area contributed by atoms with Crippen molar-refractivity contribution < 1.29 is 14.7 Å². The molecule has 0 spiro atoms. The Bertz CT molecular complexity index is 160. The lowest BCUT2D eigenvalue weighted by Gasteiger charge is -2.04. The number of hydrogen-bond donors (Lipinski definition) is 2. The molecule has 0 aliphatic heterocycles. The molecule has 0 bridgehead atoms. The molecule has 0 saturated carbocycles. The third-order valence-corrected chi connectivity index (χ3v) is 2.07. The van der Waals surface area contributed by atoms with Gasteiger partial charge in [0, 0.05) is 12.7 Å². The van der Waals surface area contributed by atoms with Crippen LogP contribution in [0.4, 0.5) is 0 Å². The molecule has 0 aromatic heterocycles. The molecule has 11 heavy (non-hydrogen) atoms. The van der Waals surface area contributed by atoms with Crippen molar-refractivity contribution in [1.29, 1.82) is 0 Å². The zero-order chi connectivity index (χ0) is 8.85. The van der Waals surface area contributed by atoms with Crippen LogP contribution in [0.15, 0.2) is 0 Å². The second kappa shape index (κ2) is 5.01. The summed E-state index contributed by atoms with van der Waals surface area (Å²) < 4.78 is 2.45. The molecule has 0 radical (unpaired) electrons. The van der Waals surface area contributed by atoms with E-state index in [1.807, 2.05) is 0 Å². The van der Waals surface area contributed by atoms with Crippen molar-refractivity contribution in [1.82, 2.24) is 4.72 Å². The fourth-order valence-electron chi connectivity index (χ4n) is 0.340. The van der Waals surface area contributed by atoms with Gasteiger partial charge >= 0.3 is 5.97 Å². The Balaban J connectivity index is 3.39. The van der Waals surface area contributed by atoms with Crippen molar-refractivity contribution in [2.75, 3.05) is 5.75 Å². The number of rotatable bonds is 4. The van der Waals surface area contributed by atoms with Gasteiger partial charge in [-0.3, -0.25) is 9.59 Å². The molecule has 0 heterocycles. The standard InChI is InChI=1S/C6H11NO3S/c1-4(6(9)10)3-11-7-5(2)8/h4H,3H2,1-2H3,(H,7,8)(H,9,10)/t4-/m1/s1. The third-order valence-electron chi connectivity index (χ3n) is 0.971. The van der Waals surface area contributed by atoms with Crippen LogP contribution in [0.25, 0.3) is 0 Å². The van der Waals surface area contributed by atoms with Crippen LogP contribution >= 0.6 is 11.9 Å². The maximum absolute atomic E-state index is 10.3. The summed E-state index contributed by atoms with van der Waals surface area (Å²) in [4.78, 5) is 20.6. The summed E-state index contributed by atoms with van der Waals surface area (Å²) in [6.07, 6.45) is 0. The molecule has 5 heteroatoms. The van der Waals surface area contributed by atoms with Crippen LogP contribution in [0.5, 0.6) is 0 Å². The largest absolute Gasteiger partial charge is 0.481 e. The highest BCUT2D eigenvalue weighted by Gasteiger charge is 2.10. The average Bonchev–Trinajstić information content (AvgIpc) is 1.86. The Labute approximate surface area is 69.5 Å². The van der Waals surface area contributed by atoms with Crippen LogP contribution in [0.2, 0.25) is 0 Å². The monoisotopic (exact) mass is 177 g/mol. The van der Waals surface area contributed by atoms with E-state index in [1.165, 1.54) is 6.92 Å². The number of aliphatic carboxylic acids is 1. The van der Waals surface area contributed by atoms with E-state index in [4.69, 9.17) is 5.11 Å². The van der Waals surface area contributed by atoms with E-state index in [-0.39, 0.29) is 5.91 Å². The minimum absolute atomic E-state index is 0.160. The van der Waals surface area contributed by atoms with Gasteiger partial charge in [0.25, 0.3) is 0 Å². The first kappa shape index (κ1) is 10.3. The first-order valence-corrected chi connectivity index (χ1v) is 4.13. The fourth-order valence-corrected chi connectivity index (χ4v) is 1.02. The van der Waals surface area contributed by atoms with Gasteiger partial charge in [-0.2, -0.15) is 0 Å². The molecule has 0 aliphatic carbocycles. The predicted molar refractivity (Wildman–Crippen MR) is 43.1 cm³/mol. The number of carboxylic acids is 1. The van der Waals surface area contributed by atoms with Gasteiger partial charge in [0.05, 0.1) is 5.92 Å². The third kappa shape index (κ3) is 5.72. The quantitative estimate of drug-likeness (QED) is 0.613. The summed E-state index contributed by atoms with van der Waals surface area (Å²) in [6, 6.07) is 0. The summed E-state index contributed by atoms with van der Waals surface area (Å²) in [7, 11) is 0. The van der Waals surface area contributed by atoms with Crippen LogP contribution in [0.3, 0.4) is 0 Å². The van der Waals surface area contributed by atoms with E-state index >= 15 is 0 Å². The number of hydrogen-bond acceptors (Lipinski definition) is 3. The Morgan fingerprint density at radius 3 is 2.55 bits per heavy atom. The maximum atomic E-state index is 10.3. The summed E-state index contributed by atoms with van der Waals surface area (Å²) in [5.41, 5.74) is 0. The van der Waals surface area contributed by atoms with Gasteiger partial charge in [-0.15, -0.1) is 0 Å². The normalized spacial score (nSPS) is 12.2. The van der Waals surface area contributed by atoms with Gasteiger partial charge in [0.1, 0.15) is 0 Å². The molecular weight excluding hydrogens is 166 g/mol. The van der Waals surface area contributed by atoms with Crippen molar-refractivity contribution >= 4 is 23.8 Å². The molecular formula is C6H11NO3S. The minimum Gasteiger partial charge on any atom is -0.481 e. The molecule has 0 fully saturated rings. The van der Waals surface area contributed by atoms with Crippen molar-refractivity contribution in [3.05, 3.63) is 0 Å². The van der Waals surface area contributed by atoms with Crippen LogP contribution < -0.4 is 4.72 Å². The SMILES string of the molecule is CC(=O)NSC[C@@H](C)C(=O)O. The van der Waals surface area contributed by atoms with E-state index in [1.54, 1.807) is 6.92 Å². The number of nitrogens with one attached hydrogen (secondary N) is 1. The second-order valence-corrected chi connectivity index (χ2v) is 3.03. The molecule has 2 N–H and O–H groups in total. The second-order valence-electron chi connectivity index (χ2n) is 2.21. The lowest BCUT2D eigenvalue weighted by molar-refractivity contribution is -0.140. The Kier molecular flexibility index (Phi) is 4.69. The van der Waals surface area contributed by atoms with Crippen molar-refractivity contribution in [3.8, 4) is 0 Å².